The second kappa shape index (κ2) is 9.13. The summed E-state index contributed by atoms with van der Waals surface area (Å²) in [6.07, 6.45) is 1.53. The van der Waals surface area contributed by atoms with Gasteiger partial charge in [0, 0.05) is 5.69 Å². The van der Waals surface area contributed by atoms with Gasteiger partial charge in [0.15, 0.2) is 17.5 Å². The maximum atomic E-state index is 15.4. The molecule has 1 aliphatic rings. The smallest absolute Gasteiger partial charge is 0.338 e. The molecule has 0 saturated carbocycles. The molecule has 0 aromatic heterocycles. The van der Waals surface area contributed by atoms with Gasteiger partial charge in [0.25, 0.3) is 0 Å². The summed E-state index contributed by atoms with van der Waals surface area (Å²) in [6, 6.07) is 7.04. The van der Waals surface area contributed by atoms with E-state index in [-0.39, 0.29) is 17.9 Å². The molecule has 0 aliphatic heterocycles. The van der Waals surface area contributed by atoms with Gasteiger partial charge in [-0.15, -0.1) is 0 Å². The average molecular weight is 485 g/mol. The van der Waals surface area contributed by atoms with E-state index in [4.69, 9.17) is 4.74 Å². The Bertz CT molecular complexity index is 1390. The van der Waals surface area contributed by atoms with Gasteiger partial charge in [-0.05, 0) is 42.8 Å². The summed E-state index contributed by atoms with van der Waals surface area (Å²) in [6.45, 7) is 2.17. The molecule has 3 aromatic carbocycles. The first-order valence-electron chi connectivity index (χ1n) is 10.6. The van der Waals surface area contributed by atoms with E-state index in [0.717, 1.165) is 18.6 Å². The van der Waals surface area contributed by atoms with Gasteiger partial charge in [-0.2, -0.15) is 0 Å². The van der Waals surface area contributed by atoms with Crippen molar-refractivity contribution >= 4 is 28.9 Å². The van der Waals surface area contributed by atoms with Crippen LogP contribution in [0.25, 0.3) is 0 Å². The number of benzene rings is 3. The molecule has 4 rings (SSSR count). The van der Waals surface area contributed by atoms with Gasteiger partial charge in [0.05, 0.1) is 34.4 Å². The molecular weight excluding hydrogens is 467 g/mol. The number of carbonyl (C=O) groups is 3. The van der Waals surface area contributed by atoms with Crippen LogP contribution in [-0.4, -0.2) is 34.4 Å². The first-order chi connectivity index (χ1) is 16.7. The van der Waals surface area contributed by atoms with Crippen LogP contribution in [0.2, 0.25) is 0 Å². The van der Waals surface area contributed by atoms with Crippen LogP contribution >= 0.6 is 0 Å². The molecule has 0 fully saturated rings. The van der Waals surface area contributed by atoms with Gasteiger partial charge in [-0.25, -0.2) is 18.0 Å². The number of aromatic hydroxyl groups is 2. The van der Waals surface area contributed by atoms with Crippen molar-refractivity contribution in [1.82, 2.24) is 0 Å². The molecule has 0 saturated heterocycles. The predicted molar refractivity (Wildman–Crippen MR) is 118 cm³/mol. The van der Waals surface area contributed by atoms with E-state index >= 15 is 4.39 Å². The van der Waals surface area contributed by atoms with Crippen LogP contribution < -0.4 is 5.32 Å². The van der Waals surface area contributed by atoms with Crippen molar-refractivity contribution in [2.75, 3.05) is 11.9 Å². The third-order valence-corrected chi connectivity index (χ3v) is 5.51. The second-order valence-electron chi connectivity index (χ2n) is 7.77. The topological polar surface area (TPSA) is 113 Å². The lowest BCUT2D eigenvalue weighted by molar-refractivity contribution is 0.0499. The highest BCUT2D eigenvalue weighted by Gasteiger charge is 2.41. The third kappa shape index (κ3) is 3.96. The minimum absolute atomic E-state index is 0.0442. The van der Waals surface area contributed by atoms with Crippen LogP contribution in [-0.2, 0) is 4.74 Å². The van der Waals surface area contributed by atoms with Gasteiger partial charge >= 0.3 is 5.97 Å². The highest BCUT2D eigenvalue weighted by atomic mass is 19.2. The highest BCUT2D eigenvalue weighted by molar-refractivity contribution is 6.30. The molecule has 0 heterocycles. The zero-order valence-electron chi connectivity index (χ0n) is 18.2. The Morgan fingerprint density at radius 1 is 0.829 bits per heavy atom. The molecule has 0 unspecified atom stereocenters. The Kier molecular flexibility index (Phi) is 6.21. The third-order valence-electron chi connectivity index (χ3n) is 5.51. The lowest BCUT2D eigenvalue weighted by Gasteiger charge is -2.22. The number of esters is 1. The Morgan fingerprint density at radius 2 is 1.37 bits per heavy atom. The van der Waals surface area contributed by atoms with Crippen molar-refractivity contribution in [3.8, 4) is 11.5 Å². The number of halogens is 3. The number of fused-ring (bicyclic) bond motifs is 2. The van der Waals surface area contributed by atoms with Crippen molar-refractivity contribution < 1.29 is 42.5 Å². The maximum absolute atomic E-state index is 15.4. The second-order valence-corrected chi connectivity index (χ2v) is 7.77. The number of rotatable bonds is 6. The summed E-state index contributed by atoms with van der Waals surface area (Å²) in [7, 11) is 0. The van der Waals surface area contributed by atoms with Crippen molar-refractivity contribution in [2.45, 2.75) is 19.8 Å². The number of ether oxygens (including phenoxy) is 1. The molecule has 0 radical (unpaired) electrons. The fourth-order valence-corrected chi connectivity index (χ4v) is 3.71. The number of anilines is 2. The number of unbranched alkanes of at least 4 members (excludes halogenated alkanes) is 1. The van der Waals surface area contributed by atoms with E-state index in [1.165, 1.54) is 24.3 Å². The zero-order valence-corrected chi connectivity index (χ0v) is 18.2. The van der Waals surface area contributed by atoms with E-state index in [0.29, 0.717) is 6.42 Å². The van der Waals surface area contributed by atoms with Crippen molar-refractivity contribution in [2.24, 2.45) is 0 Å². The van der Waals surface area contributed by atoms with Gasteiger partial charge in [-0.3, -0.25) is 9.59 Å². The molecule has 0 amide bonds. The highest BCUT2D eigenvalue weighted by Crippen LogP contribution is 2.42. The lowest BCUT2D eigenvalue weighted by Crippen LogP contribution is -2.26. The summed E-state index contributed by atoms with van der Waals surface area (Å²) in [4.78, 5) is 37.7. The Hall–Kier alpha value is -4.34. The van der Waals surface area contributed by atoms with Gasteiger partial charge in [0.1, 0.15) is 17.2 Å². The van der Waals surface area contributed by atoms with Crippen molar-refractivity contribution in [1.29, 1.82) is 0 Å². The van der Waals surface area contributed by atoms with Crippen LogP contribution in [0.5, 0.6) is 11.5 Å². The fraction of sp³-hybridized carbons (Fsp3) is 0.160. The SMILES string of the molecule is CCCCOC(=O)c1ccc(Nc2c(F)c(F)c3c(c2F)C(=O)c2c(O)ccc(O)c2C3=O)cc1. The summed E-state index contributed by atoms with van der Waals surface area (Å²) in [5, 5.41) is 22.3. The maximum Gasteiger partial charge on any atom is 0.338 e. The zero-order chi connectivity index (χ0) is 25.4. The fourth-order valence-electron chi connectivity index (χ4n) is 3.71. The monoisotopic (exact) mass is 485 g/mol. The van der Waals surface area contributed by atoms with Gasteiger partial charge in [-0.1, -0.05) is 13.3 Å². The van der Waals surface area contributed by atoms with Crippen LogP contribution in [0, 0.1) is 17.5 Å². The van der Waals surface area contributed by atoms with Crippen LogP contribution in [0.1, 0.15) is 62.0 Å². The quantitative estimate of drug-likeness (QED) is 0.153. The number of ketones is 2. The number of hydrogen-bond donors (Lipinski definition) is 3. The number of carbonyl (C=O) groups excluding carboxylic acids is 3. The van der Waals surface area contributed by atoms with E-state index < -0.39 is 74.4 Å². The van der Waals surface area contributed by atoms with Gasteiger partial charge < -0.3 is 20.3 Å². The number of phenolic OH excluding ortho intramolecular Hbond substituents is 2. The predicted octanol–water partition coefficient (Wildman–Crippen LogP) is 4.99. The molecule has 3 aromatic rings. The molecule has 10 heteroatoms. The van der Waals surface area contributed by atoms with Crippen molar-refractivity contribution in [3.63, 3.8) is 0 Å². The Labute approximate surface area is 196 Å². The minimum atomic E-state index is -1.80. The summed E-state index contributed by atoms with van der Waals surface area (Å²) >= 11 is 0. The van der Waals surface area contributed by atoms with Crippen LogP contribution in [0.4, 0.5) is 24.5 Å². The molecule has 180 valence electrons. The van der Waals surface area contributed by atoms with Crippen LogP contribution in [0.3, 0.4) is 0 Å². The van der Waals surface area contributed by atoms with E-state index in [9.17, 15) is 33.4 Å². The lowest BCUT2D eigenvalue weighted by atomic mass is 9.82. The number of phenols is 2. The summed E-state index contributed by atoms with van der Waals surface area (Å²) in [5.74, 6) is -9.86. The van der Waals surface area contributed by atoms with Crippen molar-refractivity contribution in [3.05, 3.63) is 81.7 Å². The molecule has 0 bridgehead atoms. The van der Waals surface area contributed by atoms with Gasteiger partial charge in [0.2, 0.25) is 11.6 Å². The molecule has 35 heavy (non-hydrogen) atoms. The minimum Gasteiger partial charge on any atom is -0.507 e. The normalized spacial score (nSPS) is 12.2. The molecule has 7 nitrogen and oxygen atoms in total. The summed E-state index contributed by atoms with van der Waals surface area (Å²) < 4.78 is 50.2. The Balaban J connectivity index is 1.72. The molecule has 0 spiro atoms. The Morgan fingerprint density at radius 3 is 1.91 bits per heavy atom. The molecule has 1 aliphatic carbocycles. The molecule has 0 atom stereocenters. The van der Waals surface area contributed by atoms with E-state index in [1.54, 1.807) is 0 Å². The van der Waals surface area contributed by atoms with E-state index in [1.807, 2.05) is 6.92 Å². The summed E-state index contributed by atoms with van der Waals surface area (Å²) in [5.41, 5.74) is -4.56. The standard InChI is InChI=1S/C25H18F3NO6/c1-2-3-10-35-25(34)11-4-6-12(7-5-11)29-22-20(27)18-17(19(26)21(22)28)23(32)15-13(30)8-9-14(31)16(15)24(18)33/h4-9,29-31H,2-3,10H2,1H3. The number of hydrogen-bond acceptors (Lipinski definition) is 7. The first kappa shape index (κ1) is 23.8. The van der Waals surface area contributed by atoms with E-state index in [2.05, 4.69) is 5.32 Å². The number of nitrogens with one attached hydrogen (secondary N) is 1. The average Bonchev–Trinajstić information content (AvgIpc) is 2.84. The molecular formula is C25H18F3NO6. The largest absolute Gasteiger partial charge is 0.507 e. The molecule has 3 N–H and O–H groups in total. The first-order valence-corrected chi connectivity index (χ1v) is 10.6. The van der Waals surface area contributed by atoms with Crippen LogP contribution in [0.15, 0.2) is 36.4 Å².